The Kier molecular flexibility index (Phi) is 4.24. The van der Waals surface area contributed by atoms with Crippen molar-refractivity contribution >= 4 is 27.4 Å². The first-order chi connectivity index (χ1) is 10.1. The number of aliphatic carboxylic acids is 1. The van der Waals surface area contributed by atoms with Crippen molar-refractivity contribution in [2.24, 2.45) is 0 Å². The lowest BCUT2D eigenvalue weighted by Gasteiger charge is -2.36. The topological polar surface area (TPSA) is 43.8 Å². The molecule has 0 saturated carbocycles. The van der Waals surface area contributed by atoms with Crippen molar-refractivity contribution in [2.75, 3.05) is 26.2 Å². The third-order valence-corrected chi connectivity index (χ3v) is 5.28. The molecule has 21 heavy (non-hydrogen) atoms. The molecule has 1 unspecified atom stereocenters. The number of benzene rings is 1. The number of hydrogen-bond acceptors (Lipinski definition) is 4. The van der Waals surface area contributed by atoms with Crippen molar-refractivity contribution in [3.63, 3.8) is 0 Å². The molecule has 1 saturated heterocycles. The van der Waals surface area contributed by atoms with Gasteiger partial charge in [0.1, 0.15) is 6.04 Å². The van der Waals surface area contributed by atoms with Gasteiger partial charge in [0.15, 0.2) is 0 Å². The molecule has 1 aromatic carbocycles. The molecule has 112 valence electrons. The number of thiophene rings is 1. The molecule has 1 N–H and O–H groups in total. The molecular formula is C16H20N2O2S. The highest BCUT2D eigenvalue weighted by molar-refractivity contribution is 7.17. The maximum atomic E-state index is 11.0. The lowest BCUT2D eigenvalue weighted by molar-refractivity contribution is -0.143. The summed E-state index contributed by atoms with van der Waals surface area (Å²) >= 11 is 1.80. The van der Waals surface area contributed by atoms with E-state index in [1.807, 2.05) is 4.90 Å². The van der Waals surface area contributed by atoms with Crippen LogP contribution in [-0.4, -0.2) is 53.1 Å². The van der Waals surface area contributed by atoms with E-state index in [0.29, 0.717) is 0 Å². The number of nitrogens with zero attached hydrogens (tertiary/aromatic N) is 2. The maximum Gasteiger partial charge on any atom is 0.320 e. The second-order valence-corrected chi connectivity index (χ2v) is 6.49. The predicted molar refractivity (Wildman–Crippen MR) is 85.8 cm³/mol. The zero-order valence-electron chi connectivity index (χ0n) is 12.2. The number of piperazine rings is 1. The first-order valence-electron chi connectivity index (χ1n) is 7.29. The Morgan fingerprint density at radius 1 is 1.29 bits per heavy atom. The molecule has 4 nitrogen and oxygen atoms in total. The molecule has 2 aromatic rings. The highest BCUT2D eigenvalue weighted by Gasteiger charge is 2.25. The Hall–Kier alpha value is -1.43. The minimum Gasteiger partial charge on any atom is -0.480 e. The summed E-state index contributed by atoms with van der Waals surface area (Å²) in [7, 11) is 0. The third-order valence-electron chi connectivity index (χ3n) is 4.27. The van der Waals surface area contributed by atoms with Gasteiger partial charge in [-0.25, -0.2) is 0 Å². The Balaban J connectivity index is 1.62. The van der Waals surface area contributed by atoms with E-state index < -0.39 is 5.97 Å². The number of carboxylic acid groups (broad SMARTS) is 1. The third kappa shape index (κ3) is 3.10. The fraction of sp³-hybridized carbons (Fsp3) is 0.438. The van der Waals surface area contributed by atoms with Gasteiger partial charge in [0.2, 0.25) is 0 Å². The van der Waals surface area contributed by atoms with Crippen LogP contribution in [0.3, 0.4) is 0 Å². The Morgan fingerprint density at radius 3 is 2.71 bits per heavy atom. The Morgan fingerprint density at radius 2 is 2.00 bits per heavy atom. The summed E-state index contributed by atoms with van der Waals surface area (Å²) in [6.45, 7) is 6.25. The molecular weight excluding hydrogens is 284 g/mol. The summed E-state index contributed by atoms with van der Waals surface area (Å²) in [4.78, 5) is 15.5. The first-order valence-corrected chi connectivity index (χ1v) is 8.17. The van der Waals surface area contributed by atoms with E-state index >= 15 is 0 Å². The molecule has 5 heteroatoms. The van der Waals surface area contributed by atoms with Crippen LogP contribution < -0.4 is 0 Å². The van der Waals surface area contributed by atoms with E-state index in [0.717, 1.165) is 32.7 Å². The van der Waals surface area contributed by atoms with E-state index in [1.54, 1.807) is 18.3 Å². The molecule has 1 aromatic heterocycles. The predicted octanol–water partition coefficient (Wildman–Crippen LogP) is 2.49. The quantitative estimate of drug-likeness (QED) is 0.942. The van der Waals surface area contributed by atoms with E-state index in [1.165, 1.54) is 15.6 Å². The van der Waals surface area contributed by atoms with Crippen molar-refractivity contribution in [1.29, 1.82) is 0 Å². The zero-order valence-corrected chi connectivity index (χ0v) is 13.0. The fourth-order valence-electron chi connectivity index (χ4n) is 2.86. The lowest BCUT2D eigenvalue weighted by Crippen LogP contribution is -2.51. The van der Waals surface area contributed by atoms with Crippen LogP contribution in [0, 0.1) is 0 Å². The summed E-state index contributed by atoms with van der Waals surface area (Å²) in [5.74, 6) is -0.729. The molecule has 0 aliphatic carbocycles. The summed E-state index contributed by atoms with van der Waals surface area (Å²) < 4.78 is 1.34. The number of rotatable bonds is 4. The van der Waals surface area contributed by atoms with Crippen LogP contribution in [0.2, 0.25) is 0 Å². The van der Waals surface area contributed by atoms with Gasteiger partial charge in [-0.05, 0) is 29.3 Å². The van der Waals surface area contributed by atoms with Crippen molar-refractivity contribution in [3.05, 3.63) is 35.2 Å². The van der Waals surface area contributed by atoms with Crippen LogP contribution in [0.5, 0.6) is 0 Å². The molecule has 1 atom stereocenters. The molecule has 0 spiro atoms. The van der Waals surface area contributed by atoms with Gasteiger partial charge in [-0.3, -0.25) is 14.6 Å². The van der Waals surface area contributed by atoms with Gasteiger partial charge in [-0.2, -0.15) is 0 Å². The summed E-state index contributed by atoms with van der Waals surface area (Å²) in [6, 6.07) is 8.13. The van der Waals surface area contributed by atoms with E-state index in [4.69, 9.17) is 5.11 Å². The van der Waals surface area contributed by atoms with Gasteiger partial charge >= 0.3 is 5.97 Å². The summed E-state index contributed by atoms with van der Waals surface area (Å²) in [5, 5.41) is 12.7. The lowest BCUT2D eigenvalue weighted by atomic mass is 10.1. The fourth-order valence-corrected chi connectivity index (χ4v) is 3.82. The highest BCUT2D eigenvalue weighted by Crippen LogP contribution is 2.27. The number of carbonyl (C=O) groups is 1. The largest absolute Gasteiger partial charge is 0.480 e. The highest BCUT2D eigenvalue weighted by atomic mass is 32.1. The summed E-state index contributed by atoms with van der Waals surface area (Å²) in [6.07, 6.45) is 0. The van der Waals surface area contributed by atoms with Gasteiger partial charge < -0.3 is 5.11 Å². The van der Waals surface area contributed by atoms with E-state index in [2.05, 4.69) is 34.5 Å². The normalized spacial score (nSPS) is 18.9. The number of carboxylic acids is 1. The monoisotopic (exact) mass is 304 g/mol. The van der Waals surface area contributed by atoms with Crippen molar-refractivity contribution in [1.82, 2.24) is 9.80 Å². The average molecular weight is 304 g/mol. The van der Waals surface area contributed by atoms with Crippen LogP contribution in [-0.2, 0) is 11.3 Å². The van der Waals surface area contributed by atoms with Crippen molar-refractivity contribution < 1.29 is 9.90 Å². The second kappa shape index (κ2) is 6.13. The van der Waals surface area contributed by atoms with E-state index in [-0.39, 0.29) is 6.04 Å². The minimum absolute atomic E-state index is 0.380. The van der Waals surface area contributed by atoms with Gasteiger partial charge in [-0.15, -0.1) is 11.3 Å². The molecule has 0 bridgehead atoms. The van der Waals surface area contributed by atoms with Gasteiger partial charge in [0, 0.05) is 37.4 Å². The Labute approximate surface area is 128 Å². The first kappa shape index (κ1) is 14.5. The molecule has 3 rings (SSSR count). The van der Waals surface area contributed by atoms with Crippen LogP contribution >= 0.6 is 11.3 Å². The minimum atomic E-state index is -0.729. The molecule has 1 fully saturated rings. The number of fused-ring (bicyclic) bond motifs is 1. The van der Waals surface area contributed by atoms with Gasteiger partial charge in [0.05, 0.1) is 0 Å². The maximum absolute atomic E-state index is 11.0. The van der Waals surface area contributed by atoms with Crippen molar-refractivity contribution in [2.45, 2.75) is 19.5 Å². The van der Waals surface area contributed by atoms with Gasteiger partial charge in [-0.1, -0.05) is 18.2 Å². The molecule has 0 amide bonds. The van der Waals surface area contributed by atoms with Crippen LogP contribution in [0.25, 0.3) is 10.1 Å². The Bertz CT molecular complexity index is 632. The zero-order chi connectivity index (χ0) is 14.8. The van der Waals surface area contributed by atoms with E-state index in [9.17, 15) is 4.79 Å². The van der Waals surface area contributed by atoms with Crippen molar-refractivity contribution in [3.8, 4) is 0 Å². The van der Waals surface area contributed by atoms with Crippen LogP contribution in [0.1, 0.15) is 12.5 Å². The van der Waals surface area contributed by atoms with Crippen LogP contribution in [0.15, 0.2) is 29.6 Å². The SMILES string of the molecule is CC(C(=O)O)N1CCN(Cc2csc3ccccc23)CC1. The number of hydrogen-bond donors (Lipinski definition) is 1. The molecule has 2 heterocycles. The van der Waals surface area contributed by atoms with Crippen LogP contribution in [0.4, 0.5) is 0 Å². The molecule has 0 radical (unpaired) electrons. The second-order valence-electron chi connectivity index (χ2n) is 5.58. The molecule has 1 aliphatic rings. The standard InChI is InChI=1S/C16H20N2O2S/c1-12(16(19)20)18-8-6-17(7-9-18)10-13-11-21-15-5-3-2-4-14(13)15/h2-5,11-12H,6-10H2,1H3,(H,19,20). The summed E-state index contributed by atoms with van der Waals surface area (Å²) in [5.41, 5.74) is 1.38. The average Bonchev–Trinajstić information content (AvgIpc) is 2.91. The smallest absolute Gasteiger partial charge is 0.320 e. The van der Waals surface area contributed by atoms with Gasteiger partial charge in [0.25, 0.3) is 0 Å². The molecule has 1 aliphatic heterocycles.